The maximum atomic E-state index is 13.5. The van der Waals surface area contributed by atoms with E-state index >= 15 is 0 Å². The molecule has 0 saturated heterocycles. The molecule has 1 unspecified atom stereocenters. The Bertz CT molecular complexity index is 984. The molecule has 6 nitrogen and oxygen atoms in total. The normalized spacial score (nSPS) is 13.1. The third-order valence-electron chi connectivity index (χ3n) is 4.84. The maximum absolute atomic E-state index is 13.5. The smallest absolute Gasteiger partial charge is 0.376 e. The van der Waals surface area contributed by atoms with Crippen LogP contribution in [0.3, 0.4) is 0 Å². The van der Waals surface area contributed by atoms with Gasteiger partial charge >= 0.3 is 6.18 Å². The van der Waals surface area contributed by atoms with Gasteiger partial charge in [0.25, 0.3) is 5.91 Å². The van der Waals surface area contributed by atoms with E-state index in [9.17, 15) is 28.0 Å². The van der Waals surface area contributed by atoms with Crippen LogP contribution in [0.4, 0.5) is 24.5 Å². The summed E-state index contributed by atoms with van der Waals surface area (Å²) in [7, 11) is 0. The average molecular weight is 432 g/mol. The molecular formula is C22H23F3N4O2. The van der Waals surface area contributed by atoms with Crippen molar-refractivity contribution in [3.05, 3.63) is 59.7 Å². The van der Waals surface area contributed by atoms with E-state index in [1.165, 1.54) is 6.07 Å². The van der Waals surface area contributed by atoms with Gasteiger partial charge in [-0.3, -0.25) is 9.59 Å². The third kappa shape index (κ3) is 6.22. The second-order valence-electron chi connectivity index (χ2n) is 7.45. The molecule has 2 aromatic carbocycles. The zero-order valence-electron chi connectivity index (χ0n) is 17.3. The largest absolute Gasteiger partial charge is 0.418 e. The molecular weight excluding hydrogens is 409 g/mol. The van der Waals surface area contributed by atoms with Crippen LogP contribution in [0.25, 0.3) is 0 Å². The van der Waals surface area contributed by atoms with Crippen LogP contribution in [-0.2, 0) is 11.0 Å². The van der Waals surface area contributed by atoms with Crippen LogP contribution in [0.15, 0.2) is 48.5 Å². The van der Waals surface area contributed by atoms with Gasteiger partial charge in [-0.2, -0.15) is 18.4 Å². The van der Waals surface area contributed by atoms with Gasteiger partial charge in [-0.15, -0.1) is 0 Å². The number of nitriles is 1. The molecule has 0 bridgehead atoms. The van der Waals surface area contributed by atoms with Gasteiger partial charge in [-0.05, 0) is 43.2 Å². The molecule has 9 heteroatoms. The molecule has 2 amide bonds. The Morgan fingerprint density at radius 1 is 1.10 bits per heavy atom. The van der Waals surface area contributed by atoms with Crippen LogP contribution < -0.4 is 16.0 Å². The number of halogens is 3. The molecule has 0 aliphatic rings. The van der Waals surface area contributed by atoms with E-state index in [1.54, 1.807) is 51.1 Å². The summed E-state index contributed by atoms with van der Waals surface area (Å²) in [5.74, 6) is -1.36. The van der Waals surface area contributed by atoms with E-state index in [0.29, 0.717) is 5.56 Å². The summed E-state index contributed by atoms with van der Waals surface area (Å²) in [6.45, 7) is 4.59. The predicted molar refractivity (Wildman–Crippen MR) is 111 cm³/mol. The molecule has 0 aromatic heterocycles. The van der Waals surface area contributed by atoms with Crippen molar-refractivity contribution in [3.8, 4) is 6.07 Å². The van der Waals surface area contributed by atoms with Crippen LogP contribution in [0.1, 0.15) is 36.7 Å². The summed E-state index contributed by atoms with van der Waals surface area (Å²) < 4.78 is 40.6. The van der Waals surface area contributed by atoms with Crippen molar-refractivity contribution in [2.24, 2.45) is 5.92 Å². The number of anilines is 2. The minimum Gasteiger partial charge on any atom is -0.376 e. The van der Waals surface area contributed by atoms with Crippen molar-refractivity contribution in [1.29, 1.82) is 5.26 Å². The monoisotopic (exact) mass is 432 g/mol. The first-order chi connectivity index (χ1) is 14.5. The summed E-state index contributed by atoms with van der Waals surface area (Å²) in [5, 5.41) is 16.7. The summed E-state index contributed by atoms with van der Waals surface area (Å²) >= 11 is 0. The molecule has 164 valence electrons. The quantitative estimate of drug-likeness (QED) is 0.604. The number of carbonyl (C=O) groups excluding carboxylic acids is 2. The Morgan fingerprint density at radius 3 is 2.29 bits per heavy atom. The van der Waals surface area contributed by atoms with E-state index in [2.05, 4.69) is 16.0 Å². The number of nitrogens with zero attached hydrogens (tertiary/aromatic N) is 1. The number of alkyl halides is 3. The lowest BCUT2D eigenvalue weighted by atomic mass is 9.90. The van der Waals surface area contributed by atoms with Gasteiger partial charge in [0.2, 0.25) is 5.91 Å². The zero-order valence-corrected chi connectivity index (χ0v) is 17.3. The Balaban J connectivity index is 2.16. The number of benzene rings is 2. The van der Waals surface area contributed by atoms with Gasteiger partial charge in [-0.25, -0.2) is 0 Å². The van der Waals surface area contributed by atoms with Gasteiger partial charge in [0.15, 0.2) is 0 Å². The number of amides is 2. The summed E-state index contributed by atoms with van der Waals surface area (Å²) in [6, 6.07) is 13.3. The van der Waals surface area contributed by atoms with E-state index in [1.807, 2.05) is 6.07 Å². The lowest BCUT2D eigenvalue weighted by Gasteiger charge is -2.27. The highest BCUT2D eigenvalue weighted by molar-refractivity contribution is 6.04. The molecule has 0 spiro atoms. The van der Waals surface area contributed by atoms with E-state index in [-0.39, 0.29) is 17.3 Å². The van der Waals surface area contributed by atoms with Crippen molar-refractivity contribution in [2.75, 3.05) is 17.2 Å². The number of carbonyl (C=O) groups is 2. The van der Waals surface area contributed by atoms with Crippen LogP contribution in [0, 0.1) is 17.2 Å². The Kier molecular flexibility index (Phi) is 7.28. The lowest BCUT2D eigenvalue weighted by molar-refractivity contribution is -0.137. The lowest BCUT2D eigenvalue weighted by Crippen LogP contribution is -2.50. The fourth-order valence-corrected chi connectivity index (χ4v) is 2.61. The van der Waals surface area contributed by atoms with Crippen LogP contribution in [-0.4, -0.2) is 23.9 Å². The van der Waals surface area contributed by atoms with Gasteiger partial charge < -0.3 is 16.0 Å². The van der Waals surface area contributed by atoms with Gasteiger partial charge in [0, 0.05) is 16.9 Å². The molecule has 2 aromatic rings. The highest BCUT2D eigenvalue weighted by atomic mass is 19.4. The van der Waals surface area contributed by atoms with Crippen LogP contribution in [0.5, 0.6) is 0 Å². The van der Waals surface area contributed by atoms with E-state index in [4.69, 9.17) is 0 Å². The molecule has 2 rings (SSSR count). The topological polar surface area (TPSA) is 94.0 Å². The Labute approximate surface area is 178 Å². The minimum atomic E-state index is -4.72. The molecule has 0 aliphatic carbocycles. The second-order valence-corrected chi connectivity index (χ2v) is 7.45. The third-order valence-corrected chi connectivity index (χ3v) is 4.84. The highest BCUT2D eigenvalue weighted by Crippen LogP contribution is 2.36. The predicted octanol–water partition coefficient (Wildman–Crippen LogP) is 4.42. The number of rotatable bonds is 7. The van der Waals surface area contributed by atoms with Crippen molar-refractivity contribution in [3.63, 3.8) is 0 Å². The molecule has 0 fully saturated rings. The summed E-state index contributed by atoms with van der Waals surface area (Å²) in [6.07, 6.45) is -4.72. The van der Waals surface area contributed by atoms with Crippen molar-refractivity contribution in [1.82, 2.24) is 5.32 Å². The average Bonchev–Trinajstić information content (AvgIpc) is 2.72. The van der Waals surface area contributed by atoms with Crippen molar-refractivity contribution >= 4 is 23.2 Å². The number of nitrogens with one attached hydrogen (secondary N) is 3. The number of hydrogen-bond donors (Lipinski definition) is 3. The zero-order chi connectivity index (χ0) is 23.2. The molecule has 0 aliphatic heterocycles. The molecule has 31 heavy (non-hydrogen) atoms. The van der Waals surface area contributed by atoms with Crippen molar-refractivity contribution in [2.45, 2.75) is 32.5 Å². The van der Waals surface area contributed by atoms with Gasteiger partial charge in [0.1, 0.15) is 5.54 Å². The maximum Gasteiger partial charge on any atom is 0.418 e. The molecule has 0 radical (unpaired) electrons. The Morgan fingerprint density at radius 2 is 1.74 bits per heavy atom. The fraction of sp³-hybridized carbons (Fsp3) is 0.318. The first-order valence-electron chi connectivity index (χ1n) is 9.50. The standard InChI is InChI=1S/C22H23F3N4O2/c1-14(2)21(3,13-26)29-19(30)12-27-18-10-9-16(11-17(18)22(23,24)25)28-20(31)15-7-5-4-6-8-15/h4-11,14,27H,12H2,1-3H3,(H,28,31)(H,29,30). The Hall–Kier alpha value is -3.54. The molecule has 1 atom stereocenters. The second kappa shape index (κ2) is 9.51. The van der Waals surface area contributed by atoms with E-state index < -0.39 is 35.6 Å². The first kappa shape index (κ1) is 23.7. The van der Waals surface area contributed by atoms with E-state index in [0.717, 1.165) is 12.1 Å². The molecule has 3 N–H and O–H groups in total. The minimum absolute atomic E-state index is 0.0342. The molecule has 0 heterocycles. The summed E-state index contributed by atoms with van der Waals surface area (Å²) in [5.41, 5.74) is -2.22. The first-order valence-corrected chi connectivity index (χ1v) is 9.50. The van der Waals surface area contributed by atoms with Gasteiger partial charge in [-0.1, -0.05) is 32.0 Å². The SMILES string of the molecule is CC(C)C(C)(C#N)NC(=O)CNc1ccc(NC(=O)c2ccccc2)cc1C(F)(F)F. The van der Waals surface area contributed by atoms with Crippen LogP contribution >= 0.6 is 0 Å². The highest BCUT2D eigenvalue weighted by Gasteiger charge is 2.34. The van der Waals surface area contributed by atoms with Crippen molar-refractivity contribution < 1.29 is 22.8 Å². The van der Waals surface area contributed by atoms with Crippen LogP contribution in [0.2, 0.25) is 0 Å². The summed E-state index contributed by atoms with van der Waals surface area (Å²) in [4.78, 5) is 24.4. The van der Waals surface area contributed by atoms with Gasteiger partial charge in [0.05, 0.1) is 18.2 Å². The number of hydrogen-bond acceptors (Lipinski definition) is 4. The molecule has 0 saturated carbocycles. The fourth-order valence-electron chi connectivity index (χ4n) is 2.61.